The molecule has 0 aliphatic heterocycles. The Morgan fingerprint density at radius 3 is 2.94 bits per heavy atom. The predicted molar refractivity (Wildman–Crippen MR) is 68.8 cm³/mol. The third-order valence-electron chi connectivity index (χ3n) is 2.80. The maximum absolute atomic E-state index is 12.9. The minimum atomic E-state index is -0.190. The Balaban J connectivity index is 1.70. The summed E-state index contributed by atoms with van der Waals surface area (Å²) in [5.74, 6) is 0.707. The van der Waals surface area contributed by atoms with Crippen LogP contribution < -0.4 is 5.32 Å². The quantitative estimate of drug-likeness (QED) is 0.734. The summed E-state index contributed by atoms with van der Waals surface area (Å²) in [6.45, 7) is 0.181. The van der Waals surface area contributed by atoms with Gasteiger partial charge >= 0.3 is 0 Å². The van der Waals surface area contributed by atoms with Crippen LogP contribution in [0.25, 0.3) is 0 Å². The third kappa shape index (κ3) is 4.66. The van der Waals surface area contributed by atoms with E-state index in [2.05, 4.69) is 5.32 Å². The van der Waals surface area contributed by atoms with Gasteiger partial charge in [0.05, 0.1) is 6.61 Å². The molecule has 94 valence electrons. The van der Waals surface area contributed by atoms with Gasteiger partial charge in [0.25, 0.3) is 0 Å². The zero-order chi connectivity index (χ0) is 12.1. The second-order valence-corrected chi connectivity index (χ2v) is 5.58. The summed E-state index contributed by atoms with van der Waals surface area (Å²) >= 11 is 1.63. The molecule has 1 aliphatic carbocycles. The van der Waals surface area contributed by atoms with E-state index in [1.807, 2.05) is 6.07 Å². The van der Waals surface area contributed by atoms with Crippen molar-refractivity contribution >= 4 is 11.8 Å². The lowest BCUT2D eigenvalue weighted by molar-refractivity contribution is 0.239. The van der Waals surface area contributed by atoms with Crippen molar-refractivity contribution in [2.45, 2.75) is 36.2 Å². The summed E-state index contributed by atoms with van der Waals surface area (Å²) in [6, 6.07) is 7.44. The highest BCUT2D eigenvalue weighted by Crippen LogP contribution is 2.22. The zero-order valence-corrected chi connectivity index (χ0v) is 10.5. The number of halogens is 1. The maximum Gasteiger partial charge on any atom is 0.124 e. The number of hydrogen-bond acceptors (Lipinski definition) is 3. The first-order chi connectivity index (χ1) is 8.28. The number of aliphatic hydroxyl groups is 1. The van der Waals surface area contributed by atoms with Crippen LogP contribution in [0, 0.1) is 5.82 Å². The topological polar surface area (TPSA) is 32.3 Å². The number of nitrogens with one attached hydrogen (secondary N) is 1. The van der Waals surface area contributed by atoms with Gasteiger partial charge in [-0.15, -0.1) is 11.8 Å². The molecule has 0 spiro atoms. The first-order valence-electron chi connectivity index (χ1n) is 6.03. The van der Waals surface area contributed by atoms with Crippen LogP contribution in [0.5, 0.6) is 0 Å². The van der Waals surface area contributed by atoms with Crippen molar-refractivity contribution in [1.82, 2.24) is 5.32 Å². The molecule has 1 aliphatic rings. The molecule has 1 aromatic carbocycles. The molecule has 2 nitrogen and oxygen atoms in total. The van der Waals surface area contributed by atoms with Gasteiger partial charge in [-0.1, -0.05) is 6.07 Å². The van der Waals surface area contributed by atoms with Crippen molar-refractivity contribution in [3.63, 3.8) is 0 Å². The second-order valence-electron chi connectivity index (χ2n) is 4.41. The fourth-order valence-corrected chi connectivity index (χ4v) is 2.70. The van der Waals surface area contributed by atoms with Crippen molar-refractivity contribution < 1.29 is 9.50 Å². The van der Waals surface area contributed by atoms with Gasteiger partial charge in [0.2, 0.25) is 0 Å². The fraction of sp³-hybridized carbons (Fsp3) is 0.538. The minimum Gasteiger partial charge on any atom is -0.395 e. The van der Waals surface area contributed by atoms with Gasteiger partial charge < -0.3 is 10.4 Å². The van der Waals surface area contributed by atoms with Crippen molar-refractivity contribution in [2.24, 2.45) is 0 Å². The van der Waals surface area contributed by atoms with E-state index in [1.165, 1.54) is 18.9 Å². The molecule has 0 heterocycles. The molecule has 1 saturated carbocycles. The third-order valence-corrected chi connectivity index (χ3v) is 3.83. The molecule has 0 bridgehead atoms. The average Bonchev–Trinajstić information content (AvgIpc) is 3.12. The van der Waals surface area contributed by atoms with E-state index in [1.54, 1.807) is 23.9 Å². The van der Waals surface area contributed by atoms with E-state index in [9.17, 15) is 9.50 Å². The Labute approximate surface area is 106 Å². The van der Waals surface area contributed by atoms with E-state index in [0.29, 0.717) is 6.04 Å². The van der Waals surface area contributed by atoms with Crippen LogP contribution in [0.2, 0.25) is 0 Å². The molecular weight excluding hydrogens is 237 g/mol. The maximum atomic E-state index is 12.9. The van der Waals surface area contributed by atoms with Gasteiger partial charge in [-0.2, -0.15) is 0 Å². The lowest BCUT2D eigenvalue weighted by Crippen LogP contribution is -2.34. The number of benzene rings is 1. The highest BCUT2D eigenvalue weighted by atomic mass is 32.2. The summed E-state index contributed by atoms with van der Waals surface area (Å²) in [7, 11) is 0. The van der Waals surface area contributed by atoms with Crippen molar-refractivity contribution in [2.75, 3.05) is 12.4 Å². The monoisotopic (exact) mass is 255 g/mol. The van der Waals surface area contributed by atoms with E-state index >= 15 is 0 Å². The minimum absolute atomic E-state index is 0.181. The fourth-order valence-electron chi connectivity index (χ4n) is 1.69. The van der Waals surface area contributed by atoms with E-state index in [-0.39, 0.29) is 18.5 Å². The Morgan fingerprint density at radius 2 is 2.29 bits per heavy atom. The summed E-state index contributed by atoms with van der Waals surface area (Å²) in [6.07, 6.45) is 3.37. The van der Waals surface area contributed by atoms with Crippen LogP contribution in [0.4, 0.5) is 4.39 Å². The molecule has 17 heavy (non-hydrogen) atoms. The Kier molecular flexibility index (Phi) is 4.83. The largest absolute Gasteiger partial charge is 0.395 e. The molecule has 2 N–H and O–H groups in total. The van der Waals surface area contributed by atoms with Crippen LogP contribution in [0.1, 0.15) is 19.3 Å². The smallest absolute Gasteiger partial charge is 0.124 e. The lowest BCUT2D eigenvalue weighted by Gasteiger charge is -2.15. The van der Waals surface area contributed by atoms with Crippen LogP contribution in [0.3, 0.4) is 0 Å². The SMILES string of the molecule is OCC(CCSc1cccc(F)c1)NC1CC1. The molecule has 2 rings (SSSR count). The number of thioether (sulfide) groups is 1. The first kappa shape index (κ1) is 12.9. The van der Waals surface area contributed by atoms with E-state index < -0.39 is 0 Å². The highest BCUT2D eigenvalue weighted by molar-refractivity contribution is 7.99. The van der Waals surface area contributed by atoms with E-state index in [4.69, 9.17) is 0 Å². The highest BCUT2D eigenvalue weighted by Gasteiger charge is 2.23. The first-order valence-corrected chi connectivity index (χ1v) is 7.02. The molecule has 1 fully saturated rings. The van der Waals surface area contributed by atoms with Crippen LogP contribution >= 0.6 is 11.8 Å². The van der Waals surface area contributed by atoms with Gasteiger partial charge in [0.1, 0.15) is 5.82 Å². The Bertz CT molecular complexity index is 357. The van der Waals surface area contributed by atoms with Gasteiger partial charge in [0, 0.05) is 17.0 Å². The van der Waals surface area contributed by atoms with Crippen LogP contribution in [-0.4, -0.2) is 29.5 Å². The van der Waals surface area contributed by atoms with E-state index in [0.717, 1.165) is 17.1 Å². The summed E-state index contributed by atoms with van der Waals surface area (Å²) < 4.78 is 12.9. The van der Waals surface area contributed by atoms with Crippen molar-refractivity contribution in [3.05, 3.63) is 30.1 Å². The molecule has 4 heteroatoms. The van der Waals surface area contributed by atoms with Crippen molar-refractivity contribution in [1.29, 1.82) is 0 Å². The summed E-state index contributed by atoms with van der Waals surface area (Å²) in [5.41, 5.74) is 0. The van der Waals surface area contributed by atoms with Crippen LogP contribution in [-0.2, 0) is 0 Å². The molecule has 1 aromatic rings. The lowest BCUT2D eigenvalue weighted by atomic mass is 10.2. The predicted octanol–water partition coefficient (Wildman–Crippen LogP) is 2.42. The van der Waals surface area contributed by atoms with Crippen molar-refractivity contribution in [3.8, 4) is 0 Å². The average molecular weight is 255 g/mol. The van der Waals surface area contributed by atoms with Gasteiger partial charge in [-0.05, 0) is 43.2 Å². The normalized spacial score (nSPS) is 17.1. The Morgan fingerprint density at radius 1 is 1.47 bits per heavy atom. The molecule has 0 radical (unpaired) electrons. The summed E-state index contributed by atoms with van der Waals surface area (Å²) in [5, 5.41) is 12.6. The molecule has 1 unspecified atom stereocenters. The standard InChI is InChI=1S/C13H18FNOS/c14-10-2-1-3-13(8-10)17-7-6-12(9-16)15-11-4-5-11/h1-3,8,11-12,15-16H,4-7,9H2. The number of aliphatic hydroxyl groups excluding tert-OH is 1. The number of rotatable bonds is 7. The van der Waals surface area contributed by atoms with Gasteiger partial charge in [-0.3, -0.25) is 0 Å². The zero-order valence-electron chi connectivity index (χ0n) is 9.73. The number of hydrogen-bond donors (Lipinski definition) is 2. The second kappa shape index (κ2) is 6.38. The molecule has 1 atom stereocenters. The molecule has 0 aromatic heterocycles. The molecule has 0 amide bonds. The molecule has 0 saturated heterocycles. The van der Waals surface area contributed by atoms with Crippen LogP contribution in [0.15, 0.2) is 29.2 Å². The van der Waals surface area contributed by atoms with Gasteiger partial charge in [-0.25, -0.2) is 4.39 Å². The Hall–Kier alpha value is -0.580. The molecular formula is C13H18FNOS. The summed E-state index contributed by atoms with van der Waals surface area (Å²) in [4.78, 5) is 0.952. The van der Waals surface area contributed by atoms with Gasteiger partial charge in [0.15, 0.2) is 0 Å².